The van der Waals surface area contributed by atoms with Crippen molar-refractivity contribution in [3.8, 4) is 0 Å². The number of aromatic nitrogens is 2. The van der Waals surface area contributed by atoms with Gasteiger partial charge in [-0.2, -0.15) is 0 Å². The summed E-state index contributed by atoms with van der Waals surface area (Å²) in [6.45, 7) is 0. The highest BCUT2D eigenvalue weighted by Crippen LogP contribution is 2.39. The Labute approximate surface area is 139 Å². The summed E-state index contributed by atoms with van der Waals surface area (Å²) < 4.78 is 0.940. The fraction of sp³-hybridized carbons (Fsp3) is 0.214. The van der Waals surface area contributed by atoms with Crippen LogP contribution in [0.4, 0.5) is 5.82 Å². The molecule has 5 nitrogen and oxygen atoms in total. The number of hydrogen-bond acceptors (Lipinski definition) is 7. The normalized spacial score (nSPS) is 17.2. The Morgan fingerprint density at radius 1 is 1.23 bits per heavy atom. The fourth-order valence-electron chi connectivity index (χ4n) is 2.43. The van der Waals surface area contributed by atoms with Gasteiger partial charge in [-0.3, -0.25) is 15.6 Å². The molecule has 3 aromatic heterocycles. The largest absolute Gasteiger partial charge is 0.281 e. The Balaban J connectivity index is 1.51. The molecule has 0 saturated heterocycles. The van der Waals surface area contributed by atoms with E-state index in [9.17, 15) is 4.79 Å². The molecule has 1 aliphatic rings. The zero-order chi connectivity index (χ0) is 14.9. The number of aryl methyl sites for hydroxylation is 1. The van der Waals surface area contributed by atoms with Crippen molar-refractivity contribution in [1.82, 2.24) is 15.4 Å². The summed E-state index contributed by atoms with van der Waals surface area (Å²) in [5, 5.41) is 3.87. The summed E-state index contributed by atoms with van der Waals surface area (Å²) in [5.41, 5.74) is 7.76. The van der Waals surface area contributed by atoms with Gasteiger partial charge in [0.1, 0.15) is 11.6 Å². The van der Waals surface area contributed by atoms with Gasteiger partial charge in [0.05, 0.1) is 10.2 Å². The van der Waals surface area contributed by atoms with Gasteiger partial charge in [-0.25, -0.2) is 9.97 Å². The summed E-state index contributed by atoms with van der Waals surface area (Å²) in [5.74, 6) is 1.58. The predicted octanol–water partition coefficient (Wildman–Crippen LogP) is 3.23. The van der Waals surface area contributed by atoms with Crippen LogP contribution in [-0.4, -0.2) is 21.6 Å². The van der Waals surface area contributed by atoms with Gasteiger partial charge in [0, 0.05) is 4.88 Å². The summed E-state index contributed by atoms with van der Waals surface area (Å²) in [6, 6.07) is 3.99. The maximum Gasteiger partial charge on any atom is 0.255 e. The van der Waals surface area contributed by atoms with Gasteiger partial charge >= 0.3 is 0 Å². The lowest BCUT2D eigenvalue weighted by molar-refractivity contribution is -0.120. The van der Waals surface area contributed by atoms with Crippen molar-refractivity contribution in [3.63, 3.8) is 0 Å². The number of thioether (sulfide) groups is 1. The van der Waals surface area contributed by atoms with Crippen LogP contribution < -0.4 is 10.9 Å². The average molecular weight is 348 g/mol. The summed E-state index contributed by atoms with van der Waals surface area (Å²) in [6.07, 6.45) is 2.55. The van der Waals surface area contributed by atoms with Gasteiger partial charge in [-0.05, 0) is 40.6 Å². The van der Waals surface area contributed by atoms with Gasteiger partial charge in [-0.1, -0.05) is 0 Å². The number of hydrazine groups is 1. The molecule has 0 bridgehead atoms. The third-order valence-electron chi connectivity index (χ3n) is 3.46. The maximum absolute atomic E-state index is 12.5. The first-order chi connectivity index (χ1) is 10.8. The molecule has 1 aliphatic heterocycles. The predicted molar refractivity (Wildman–Crippen MR) is 92.4 cm³/mol. The lowest BCUT2D eigenvalue weighted by Gasteiger charge is -2.21. The highest BCUT2D eigenvalue weighted by molar-refractivity contribution is 8.00. The summed E-state index contributed by atoms with van der Waals surface area (Å²) >= 11 is 4.96. The van der Waals surface area contributed by atoms with Gasteiger partial charge in [0.25, 0.3) is 5.91 Å². The van der Waals surface area contributed by atoms with Crippen molar-refractivity contribution < 1.29 is 4.79 Å². The molecule has 0 spiro atoms. The van der Waals surface area contributed by atoms with E-state index in [0.717, 1.165) is 28.0 Å². The van der Waals surface area contributed by atoms with Crippen molar-refractivity contribution in [2.45, 2.75) is 11.7 Å². The van der Waals surface area contributed by atoms with Gasteiger partial charge < -0.3 is 0 Å². The van der Waals surface area contributed by atoms with Crippen LogP contribution in [0, 0.1) is 0 Å². The van der Waals surface area contributed by atoms with E-state index < -0.39 is 0 Å². The lowest BCUT2D eigenvalue weighted by Crippen LogP contribution is -2.34. The zero-order valence-corrected chi connectivity index (χ0v) is 13.9. The Morgan fingerprint density at radius 3 is 3.09 bits per heavy atom. The molecule has 0 unspecified atom stereocenters. The summed E-state index contributed by atoms with van der Waals surface area (Å²) in [4.78, 5) is 22.2. The maximum atomic E-state index is 12.5. The first kappa shape index (κ1) is 14.0. The quantitative estimate of drug-likeness (QED) is 0.712. The van der Waals surface area contributed by atoms with Gasteiger partial charge in [-0.15, -0.1) is 34.4 Å². The summed E-state index contributed by atoms with van der Waals surface area (Å²) in [7, 11) is 0. The van der Waals surface area contributed by atoms with Crippen LogP contribution in [0.3, 0.4) is 0 Å². The standard InChI is InChI=1S/C14H12N4OS3/c19-14(11-8-1-4-20-10(8)3-6-21-11)18-17-13-12-9(2-5-22-12)15-7-16-13/h1-2,4-5,7,11H,3,6H2,(H,18,19)(H,15,16,17)/t11-/m1/s1. The van der Waals surface area contributed by atoms with E-state index in [1.807, 2.05) is 11.4 Å². The number of carbonyl (C=O) groups is 1. The van der Waals surface area contributed by atoms with E-state index in [1.54, 1.807) is 34.4 Å². The van der Waals surface area contributed by atoms with Crippen molar-refractivity contribution >= 4 is 56.4 Å². The number of hydrogen-bond donors (Lipinski definition) is 2. The molecule has 4 heterocycles. The molecule has 0 saturated carbocycles. The first-order valence-electron chi connectivity index (χ1n) is 6.75. The monoisotopic (exact) mass is 348 g/mol. The van der Waals surface area contributed by atoms with E-state index in [2.05, 4.69) is 32.3 Å². The van der Waals surface area contributed by atoms with Crippen LogP contribution >= 0.6 is 34.4 Å². The van der Waals surface area contributed by atoms with Crippen molar-refractivity contribution in [3.05, 3.63) is 39.7 Å². The molecule has 112 valence electrons. The number of thiophene rings is 2. The molecule has 4 rings (SSSR count). The number of anilines is 1. The van der Waals surface area contributed by atoms with Crippen molar-refractivity contribution in [2.75, 3.05) is 11.2 Å². The number of nitrogens with one attached hydrogen (secondary N) is 2. The van der Waals surface area contributed by atoms with E-state index in [4.69, 9.17) is 0 Å². The second-order valence-corrected chi connectivity index (χ2v) is 7.90. The average Bonchev–Trinajstić information content (AvgIpc) is 3.20. The smallest absolute Gasteiger partial charge is 0.255 e. The fourth-order valence-corrected chi connectivity index (χ4v) is 5.51. The van der Waals surface area contributed by atoms with Crippen LogP contribution in [0.25, 0.3) is 10.2 Å². The Hall–Kier alpha value is -1.64. The van der Waals surface area contributed by atoms with E-state index in [0.29, 0.717) is 5.82 Å². The molecular formula is C14H12N4OS3. The zero-order valence-electron chi connectivity index (χ0n) is 11.4. The SMILES string of the molecule is O=C(NNc1ncnc2ccsc12)[C@@H]1SCCc2sccc21. The van der Waals surface area contributed by atoms with Crippen LogP contribution in [0.15, 0.2) is 29.2 Å². The van der Waals surface area contributed by atoms with Crippen LogP contribution in [0.1, 0.15) is 15.7 Å². The third-order valence-corrected chi connectivity index (χ3v) is 6.61. The molecule has 0 aliphatic carbocycles. The van der Waals surface area contributed by atoms with E-state index >= 15 is 0 Å². The minimum absolute atomic E-state index is 0.0346. The van der Waals surface area contributed by atoms with Crippen molar-refractivity contribution in [1.29, 1.82) is 0 Å². The van der Waals surface area contributed by atoms with E-state index in [-0.39, 0.29) is 11.2 Å². The molecule has 22 heavy (non-hydrogen) atoms. The molecule has 2 N–H and O–H groups in total. The number of fused-ring (bicyclic) bond motifs is 2. The molecule has 3 aromatic rings. The highest BCUT2D eigenvalue weighted by Gasteiger charge is 2.28. The number of carbonyl (C=O) groups excluding carboxylic acids is 1. The molecule has 1 atom stereocenters. The topological polar surface area (TPSA) is 66.9 Å². The molecule has 0 radical (unpaired) electrons. The lowest BCUT2D eigenvalue weighted by atomic mass is 10.1. The Kier molecular flexibility index (Phi) is 3.73. The third kappa shape index (κ3) is 2.47. The highest BCUT2D eigenvalue weighted by atomic mass is 32.2. The number of nitrogens with zero attached hydrogens (tertiary/aromatic N) is 2. The van der Waals surface area contributed by atoms with Gasteiger partial charge in [0.2, 0.25) is 0 Å². The Bertz CT molecular complexity index is 828. The van der Waals surface area contributed by atoms with Crippen LogP contribution in [-0.2, 0) is 11.2 Å². The minimum Gasteiger partial charge on any atom is -0.281 e. The number of amides is 1. The number of rotatable bonds is 3. The molecular weight excluding hydrogens is 336 g/mol. The van der Waals surface area contributed by atoms with Crippen LogP contribution in [0.5, 0.6) is 0 Å². The second-order valence-electron chi connectivity index (χ2n) is 4.77. The molecule has 0 aromatic carbocycles. The Morgan fingerprint density at radius 2 is 2.14 bits per heavy atom. The molecule has 8 heteroatoms. The van der Waals surface area contributed by atoms with Crippen molar-refractivity contribution in [2.24, 2.45) is 0 Å². The van der Waals surface area contributed by atoms with E-state index in [1.165, 1.54) is 11.2 Å². The molecule has 0 fully saturated rings. The molecule has 1 amide bonds. The second kappa shape index (κ2) is 5.86. The first-order valence-corrected chi connectivity index (χ1v) is 9.55. The van der Waals surface area contributed by atoms with Gasteiger partial charge in [0.15, 0.2) is 5.82 Å². The van der Waals surface area contributed by atoms with Crippen LogP contribution in [0.2, 0.25) is 0 Å². The minimum atomic E-state index is -0.150.